The van der Waals surface area contributed by atoms with E-state index in [1.54, 1.807) is 44.2 Å². The molecule has 0 heterocycles. The molecule has 0 radical (unpaired) electrons. The number of esters is 1. The average molecular weight is 250 g/mol. The number of benzene rings is 1. The van der Waals surface area contributed by atoms with Crippen LogP contribution in [0.25, 0.3) is 0 Å². The lowest BCUT2D eigenvalue weighted by Crippen LogP contribution is -2.36. The molecule has 0 spiro atoms. The Morgan fingerprint density at radius 1 is 1.22 bits per heavy atom. The summed E-state index contributed by atoms with van der Waals surface area (Å²) < 4.78 is 4.73. The van der Waals surface area contributed by atoms with Gasteiger partial charge in [-0.3, -0.25) is 4.79 Å². The van der Waals surface area contributed by atoms with Gasteiger partial charge in [-0.2, -0.15) is 0 Å². The largest absolute Gasteiger partial charge is 0.464 e. The van der Waals surface area contributed by atoms with Gasteiger partial charge in [-0.15, -0.1) is 0 Å². The second kappa shape index (κ2) is 6.91. The molecule has 4 nitrogen and oxygen atoms in total. The lowest BCUT2D eigenvalue weighted by atomic mass is 9.90. The maximum atomic E-state index is 12.2. The van der Waals surface area contributed by atoms with Crippen LogP contribution < -0.4 is 0 Å². The van der Waals surface area contributed by atoms with Crippen molar-refractivity contribution >= 4 is 11.8 Å². The molecule has 2 atom stereocenters. The number of hydrogen-bond acceptors (Lipinski definition) is 4. The first-order chi connectivity index (χ1) is 8.61. The van der Waals surface area contributed by atoms with Crippen LogP contribution in [0.2, 0.25) is 0 Å². The molecule has 0 aromatic heterocycles. The highest BCUT2D eigenvalue weighted by Gasteiger charge is 2.32. The van der Waals surface area contributed by atoms with Crippen molar-refractivity contribution in [3.63, 3.8) is 0 Å². The highest BCUT2D eigenvalue weighted by molar-refractivity contribution is 6.00. The highest BCUT2D eigenvalue weighted by atomic mass is 16.5. The summed E-state index contributed by atoms with van der Waals surface area (Å²) in [6, 6.07) is 8.64. The second-order valence-electron chi connectivity index (χ2n) is 3.94. The maximum Gasteiger partial charge on any atom is 0.335 e. The third-order valence-corrected chi connectivity index (χ3v) is 2.74. The third kappa shape index (κ3) is 3.40. The number of carbonyl (C=O) groups is 2. The number of aliphatic hydroxyl groups is 1. The summed E-state index contributed by atoms with van der Waals surface area (Å²) in [5.41, 5.74) is 0.493. The van der Waals surface area contributed by atoms with Crippen LogP contribution in [-0.2, 0) is 9.53 Å². The summed E-state index contributed by atoms with van der Waals surface area (Å²) in [5, 5.41) is 9.84. The number of rotatable bonds is 6. The molecule has 0 bridgehead atoms. The van der Waals surface area contributed by atoms with Gasteiger partial charge in [0.05, 0.1) is 12.5 Å². The van der Waals surface area contributed by atoms with E-state index in [1.807, 2.05) is 0 Å². The topological polar surface area (TPSA) is 63.6 Å². The molecule has 1 aromatic rings. The van der Waals surface area contributed by atoms with E-state index in [1.165, 1.54) is 0 Å². The number of ether oxygens (including phenoxy) is 1. The predicted octanol–water partition coefficient (Wildman–Crippen LogP) is 1.82. The van der Waals surface area contributed by atoms with Crippen molar-refractivity contribution in [2.24, 2.45) is 5.92 Å². The quantitative estimate of drug-likeness (QED) is 0.618. The minimum absolute atomic E-state index is 0.186. The highest BCUT2D eigenvalue weighted by Crippen LogP contribution is 2.17. The summed E-state index contributed by atoms with van der Waals surface area (Å²) in [4.78, 5) is 23.6. The minimum atomic E-state index is -1.40. The molecule has 0 fully saturated rings. The monoisotopic (exact) mass is 250 g/mol. The van der Waals surface area contributed by atoms with Crippen LogP contribution in [-0.4, -0.2) is 29.6 Å². The van der Waals surface area contributed by atoms with Gasteiger partial charge in [0.1, 0.15) is 0 Å². The first-order valence-corrected chi connectivity index (χ1v) is 6.05. The van der Waals surface area contributed by atoms with Gasteiger partial charge in [-0.25, -0.2) is 4.79 Å². The van der Waals surface area contributed by atoms with Crippen molar-refractivity contribution in [3.8, 4) is 0 Å². The Morgan fingerprint density at radius 2 is 1.83 bits per heavy atom. The number of hydrogen-bond donors (Lipinski definition) is 1. The Bertz CT molecular complexity index is 400. The van der Waals surface area contributed by atoms with Gasteiger partial charge in [0.25, 0.3) is 0 Å². The Hall–Kier alpha value is -1.68. The molecule has 0 aliphatic carbocycles. The van der Waals surface area contributed by atoms with E-state index in [4.69, 9.17) is 4.74 Å². The molecule has 0 aliphatic rings. The Balaban J connectivity index is 2.83. The van der Waals surface area contributed by atoms with Gasteiger partial charge in [0.15, 0.2) is 11.9 Å². The number of Topliss-reactive ketones (excluding diaryl/α,β-unsaturated/α-hetero) is 1. The molecule has 0 aliphatic heterocycles. The van der Waals surface area contributed by atoms with Crippen LogP contribution in [0.1, 0.15) is 30.6 Å². The number of carbonyl (C=O) groups excluding carboxylic acids is 2. The van der Waals surface area contributed by atoms with E-state index in [9.17, 15) is 14.7 Å². The molecular formula is C14H18O4. The Morgan fingerprint density at radius 3 is 2.33 bits per heavy atom. The van der Waals surface area contributed by atoms with Crippen molar-refractivity contribution in [3.05, 3.63) is 35.9 Å². The van der Waals surface area contributed by atoms with E-state index in [0.717, 1.165) is 0 Å². The molecule has 0 saturated heterocycles. The summed E-state index contributed by atoms with van der Waals surface area (Å²) in [5.74, 6) is -1.74. The van der Waals surface area contributed by atoms with Crippen molar-refractivity contribution in [1.29, 1.82) is 0 Å². The van der Waals surface area contributed by atoms with Crippen molar-refractivity contribution in [2.45, 2.75) is 26.4 Å². The molecule has 0 amide bonds. The molecule has 98 valence electrons. The van der Waals surface area contributed by atoms with Gasteiger partial charge in [0.2, 0.25) is 0 Å². The zero-order valence-electron chi connectivity index (χ0n) is 10.6. The van der Waals surface area contributed by atoms with E-state index >= 15 is 0 Å². The van der Waals surface area contributed by atoms with Crippen LogP contribution >= 0.6 is 0 Å². The minimum Gasteiger partial charge on any atom is -0.464 e. The Labute approximate surface area is 107 Å². The summed E-state index contributed by atoms with van der Waals surface area (Å²) >= 11 is 0. The second-order valence-corrected chi connectivity index (χ2v) is 3.94. The summed E-state index contributed by atoms with van der Waals surface area (Å²) in [6.07, 6.45) is -1.02. The van der Waals surface area contributed by atoms with Crippen LogP contribution in [0, 0.1) is 5.92 Å². The van der Waals surface area contributed by atoms with E-state index in [2.05, 4.69) is 0 Å². The molecule has 4 heteroatoms. The molecule has 1 N–H and O–H groups in total. The molecule has 0 saturated carbocycles. The fraction of sp³-hybridized carbons (Fsp3) is 0.429. The van der Waals surface area contributed by atoms with Crippen LogP contribution in [0.3, 0.4) is 0 Å². The lowest BCUT2D eigenvalue weighted by molar-refractivity contribution is -0.155. The lowest BCUT2D eigenvalue weighted by Gasteiger charge is -2.18. The first-order valence-electron chi connectivity index (χ1n) is 6.05. The SMILES string of the molecule is CCOC(=O)C(O)C(CC)C(=O)c1ccccc1. The number of aliphatic hydroxyl groups excluding tert-OH is 1. The van der Waals surface area contributed by atoms with Gasteiger partial charge < -0.3 is 9.84 Å². The predicted molar refractivity (Wildman–Crippen MR) is 67.2 cm³/mol. The summed E-state index contributed by atoms with van der Waals surface area (Å²) in [6.45, 7) is 3.60. The van der Waals surface area contributed by atoms with E-state index in [0.29, 0.717) is 12.0 Å². The fourth-order valence-electron chi connectivity index (χ4n) is 1.76. The molecule has 1 aromatic carbocycles. The van der Waals surface area contributed by atoms with E-state index in [-0.39, 0.29) is 12.4 Å². The van der Waals surface area contributed by atoms with Gasteiger partial charge in [-0.05, 0) is 13.3 Å². The van der Waals surface area contributed by atoms with Crippen molar-refractivity contribution < 1.29 is 19.4 Å². The number of ketones is 1. The molecular weight excluding hydrogens is 232 g/mol. The Kier molecular flexibility index (Phi) is 5.52. The zero-order valence-corrected chi connectivity index (χ0v) is 10.6. The van der Waals surface area contributed by atoms with Crippen molar-refractivity contribution in [1.82, 2.24) is 0 Å². The van der Waals surface area contributed by atoms with Crippen LogP contribution in [0.4, 0.5) is 0 Å². The standard InChI is InChI=1S/C14H18O4/c1-3-11(13(16)14(17)18-4-2)12(15)10-8-6-5-7-9-10/h5-9,11,13,16H,3-4H2,1-2H3. The normalized spacial score (nSPS) is 13.7. The maximum absolute atomic E-state index is 12.2. The van der Waals surface area contributed by atoms with Crippen LogP contribution in [0.15, 0.2) is 30.3 Å². The first kappa shape index (κ1) is 14.4. The van der Waals surface area contributed by atoms with Gasteiger partial charge >= 0.3 is 5.97 Å². The summed E-state index contributed by atoms with van der Waals surface area (Å²) in [7, 11) is 0. The third-order valence-electron chi connectivity index (χ3n) is 2.74. The fourth-order valence-corrected chi connectivity index (χ4v) is 1.76. The molecule has 18 heavy (non-hydrogen) atoms. The smallest absolute Gasteiger partial charge is 0.335 e. The molecule has 2 unspecified atom stereocenters. The zero-order chi connectivity index (χ0) is 13.5. The van der Waals surface area contributed by atoms with Gasteiger partial charge in [-0.1, -0.05) is 37.3 Å². The van der Waals surface area contributed by atoms with Crippen LogP contribution in [0.5, 0.6) is 0 Å². The van der Waals surface area contributed by atoms with Crippen molar-refractivity contribution in [2.75, 3.05) is 6.61 Å². The van der Waals surface area contributed by atoms with Gasteiger partial charge in [0, 0.05) is 5.56 Å². The average Bonchev–Trinajstić information content (AvgIpc) is 2.40. The molecule has 1 rings (SSSR count). The van der Waals surface area contributed by atoms with E-state index < -0.39 is 18.0 Å².